The Hall–Kier alpha value is -0.940. The fraction of sp³-hybridized carbons (Fsp3) is 0. The monoisotopic (exact) mass is 392 g/mol. The minimum absolute atomic E-state index is 0.311. The van der Waals surface area contributed by atoms with E-state index in [1.807, 2.05) is 12.1 Å². The van der Waals surface area contributed by atoms with Gasteiger partial charge in [-0.1, -0.05) is 50.7 Å². The van der Waals surface area contributed by atoms with Crippen molar-refractivity contribution in [3.05, 3.63) is 55.9 Å². The molecule has 7 heteroatoms. The molecule has 0 aromatic heterocycles. The molecule has 0 fully saturated rings. The molecule has 0 unspecified atom stereocenters. The highest BCUT2D eigenvalue weighted by molar-refractivity contribution is 9.10. The number of carbonyl (C=O) groups excluding carboxylic acids is 1. The standard InChI is InChI=1S/C13H8BrCl3N2O/c14-7-1-3-8(4-2-7)18-13(20)19-12-6-10(16)9(15)5-11(12)17/h1-6H,(H2,18,19,20). The van der Waals surface area contributed by atoms with Crippen molar-refractivity contribution < 1.29 is 4.79 Å². The van der Waals surface area contributed by atoms with Gasteiger partial charge in [0.25, 0.3) is 0 Å². The number of halogens is 4. The number of urea groups is 1. The molecular weight excluding hydrogens is 386 g/mol. The van der Waals surface area contributed by atoms with Gasteiger partial charge >= 0.3 is 6.03 Å². The molecule has 0 spiro atoms. The van der Waals surface area contributed by atoms with E-state index < -0.39 is 6.03 Å². The van der Waals surface area contributed by atoms with E-state index >= 15 is 0 Å². The van der Waals surface area contributed by atoms with Crippen molar-refractivity contribution in [3.8, 4) is 0 Å². The van der Waals surface area contributed by atoms with Gasteiger partial charge < -0.3 is 10.6 Å². The molecule has 2 amide bonds. The Morgan fingerprint density at radius 3 is 2.15 bits per heavy atom. The largest absolute Gasteiger partial charge is 0.323 e. The van der Waals surface area contributed by atoms with Crippen molar-refractivity contribution in [2.45, 2.75) is 0 Å². The van der Waals surface area contributed by atoms with Crippen LogP contribution in [0.1, 0.15) is 0 Å². The summed E-state index contributed by atoms with van der Waals surface area (Å²) in [6.45, 7) is 0. The van der Waals surface area contributed by atoms with E-state index in [4.69, 9.17) is 34.8 Å². The molecular formula is C13H8BrCl3N2O. The topological polar surface area (TPSA) is 41.1 Å². The zero-order chi connectivity index (χ0) is 14.7. The summed E-state index contributed by atoms with van der Waals surface area (Å²) in [5.41, 5.74) is 1.04. The Morgan fingerprint density at radius 1 is 0.900 bits per heavy atom. The molecule has 0 aliphatic carbocycles. The molecule has 0 radical (unpaired) electrons. The normalized spacial score (nSPS) is 10.2. The highest BCUT2D eigenvalue weighted by Gasteiger charge is 2.09. The molecule has 104 valence electrons. The molecule has 0 atom stereocenters. The number of hydrogen-bond donors (Lipinski definition) is 2. The summed E-state index contributed by atoms with van der Waals surface area (Å²) < 4.78 is 0.927. The Balaban J connectivity index is 2.08. The minimum atomic E-state index is -0.424. The van der Waals surface area contributed by atoms with Gasteiger partial charge in [0.2, 0.25) is 0 Å². The maximum Gasteiger partial charge on any atom is 0.323 e. The average Bonchev–Trinajstić information content (AvgIpc) is 2.39. The first-order valence-corrected chi connectivity index (χ1v) is 7.36. The number of nitrogens with one attached hydrogen (secondary N) is 2. The first-order valence-electron chi connectivity index (χ1n) is 5.44. The van der Waals surface area contributed by atoms with Crippen LogP contribution in [0, 0.1) is 0 Å². The van der Waals surface area contributed by atoms with Crippen LogP contribution >= 0.6 is 50.7 Å². The van der Waals surface area contributed by atoms with E-state index in [9.17, 15) is 4.79 Å². The van der Waals surface area contributed by atoms with Crippen LogP contribution in [-0.2, 0) is 0 Å². The van der Waals surface area contributed by atoms with E-state index in [1.54, 1.807) is 12.1 Å². The molecule has 2 aromatic carbocycles. The van der Waals surface area contributed by atoms with Crippen molar-refractivity contribution in [1.82, 2.24) is 0 Å². The smallest absolute Gasteiger partial charge is 0.308 e. The van der Waals surface area contributed by atoms with Crippen LogP contribution in [-0.4, -0.2) is 6.03 Å². The summed E-state index contributed by atoms with van der Waals surface area (Å²) in [6, 6.07) is 9.71. The molecule has 3 nitrogen and oxygen atoms in total. The third-order valence-corrected chi connectivity index (χ3v) is 3.92. The van der Waals surface area contributed by atoms with Crippen LogP contribution in [0.3, 0.4) is 0 Å². The Labute approximate surface area is 139 Å². The molecule has 0 saturated carbocycles. The second-order valence-corrected chi connectivity index (χ2v) is 5.97. The SMILES string of the molecule is O=C(Nc1ccc(Br)cc1)Nc1cc(Cl)c(Cl)cc1Cl. The van der Waals surface area contributed by atoms with E-state index in [1.165, 1.54) is 12.1 Å². The van der Waals surface area contributed by atoms with Gasteiger partial charge in [-0.3, -0.25) is 0 Å². The first-order chi connectivity index (χ1) is 9.45. The highest BCUT2D eigenvalue weighted by atomic mass is 79.9. The van der Waals surface area contributed by atoms with Crippen LogP contribution in [0.4, 0.5) is 16.2 Å². The van der Waals surface area contributed by atoms with E-state index in [-0.39, 0.29) is 0 Å². The molecule has 2 N–H and O–H groups in total. The predicted molar refractivity (Wildman–Crippen MR) is 88.3 cm³/mol. The summed E-state index contributed by atoms with van der Waals surface area (Å²) in [5, 5.41) is 6.23. The second-order valence-electron chi connectivity index (χ2n) is 3.83. The van der Waals surface area contributed by atoms with Gasteiger partial charge in [-0.25, -0.2) is 4.79 Å². The Bertz CT molecular complexity index is 647. The lowest BCUT2D eigenvalue weighted by atomic mass is 10.3. The van der Waals surface area contributed by atoms with Gasteiger partial charge in [0, 0.05) is 10.2 Å². The van der Waals surface area contributed by atoms with Crippen LogP contribution in [0.15, 0.2) is 40.9 Å². The van der Waals surface area contributed by atoms with Crippen LogP contribution in [0.25, 0.3) is 0 Å². The molecule has 20 heavy (non-hydrogen) atoms. The number of benzene rings is 2. The van der Waals surface area contributed by atoms with Crippen LogP contribution in [0.5, 0.6) is 0 Å². The maximum absolute atomic E-state index is 11.8. The fourth-order valence-electron chi connectivity index (χ4n) is 1.44. The fourth-order valence-corrected chi connectivity index (χ4v) is 2.29. The number of anilines is 2. The maximum atomic E-state index is 11.8. The van der Waals surface area contributed by atoms with Crippen molar-refractivity contribution in [1.29, 1.82) is 0 Å². The molecule has 0 bridgehead atoms. The molecule has 0 aliphatic heterocycles. The molecule has 0 aliphatic rings. The van der Waals surface area contributed by atoms with E-state index in [0.717, 1.165) is 4.47 Å². The quantitative estimate of drug-likeness (QED) is 0.598. The van der Waals surface area contributed by atoms with E-state index in [0.29, 0.717) is 26.4 Å². The summed E-state index contributed by atoms with van der Waals surface area (Å²) in [5.74, 6) is 0. The zero-order valence-electron chi connectivity index (χ0n) is 9.88. The lowest BCUT2D eigenvalue weighted by Crippen LogP contribution is -2.19. The Morgan fingerprint density at radius 2 is 1.50 bits per heavy atom. The summed E-state index contributed by atoms with van der Waals surface area (Å²) in [7, 11) is 0. The average molecular weight is 394 g/mol. The highest BCUT2D eigenvalue weighted by Crippen LogP contribution is 2.32. The zero-order valence-corrected chi connectivity index (χ0v) is 13.7. The van der Waals surface area contributed by atoms with Gasteiger partial charge in [0.15, 0.2) is 0 Å². The lowest BCUT2D eigenvalue weighted by molar-refractivity contribution is 0.262. The summed E-state index contributed by atoms with van der Waals surface area (Å²) >= 11 is 21.0. The van der Waals surface area contributed by atoms with Gasteiger partial charge in [-0.15, -0.1) is 0 Å². The minimum Gasteiger partial charge on any atom is -0.308 e. The summed E-state index contributed by atoms with van der Waals surface area (Å²) in [6.07, 6.45) is 0. The van der Waals surface area contributed by atoms with Gasteiger partial charge in [-0.05, 0) is 36.4 Å². The summed E-state index contributed by atoms with van der Waals surface area (Å²) in [4.78, 5) is 11.8. The van der Waals surface area contributed by atoms with E-state index in [2.05, 4.69) is 26.6 Å². The molecule has 0 heterocycles. The molecule has 2 rings (SSSR count). The van der Waals surface area contributed by atoms with Crippen molar-refractivity contribution in [3.63, 3.8) is 0 Å². The second kappa shape index (κ2) is 6.68. The van der Waals surface area contributed by atoms with Crippen molar-refractivity contribution in [2.75, 3.05) is 10.6 Å². The van der Waals surface area contributed by atoms with Crippen LogP contribution in [0.2, 0.25) is 15.1 Å². The lowest BCUT2D eigenvalue weighted by Gasteiger charge is -2.10. The predicted octanol–water partition coefficient (Wildman–Crippen LogP) is 6.05. The van der Waals surface area contributed by atoms with Crippen molar-refractivity contribution >= 4 is 68.1 Å². The number of amides is 2. The van der Waals surface area contributed by atoms with Gasteiger partial charge in [-0.2, -0.15) is 0 Å². The molecule has 2 aromatic rings. The number of carbonyl (C=O) groups is 1. The van der Waals surface area contributed by atoms with Crippen LogP contribution < -0.4 is 10.6 Å². The number of hydrogen-bond acceptors (Lipinski definition) is 1. The third kappa shape index (κ3) is 4.03. The van der Waals surface area contributed by atoms with Gasteiger partial charge in [0.1, 0.15) is 0 Å². The third-order valence-electron chi connectivity index (χ3n) is 2.36. The Kier molecular flexibility index (Phi) is 5.16. The van der Waals surface area contributed by atoms with Crippen molar-refractivity contribution in [2.24, 2.45) is 0 Å². The molecule has 0 saturated heterocycles. The first kappa shape index (κ1) is 15.4. The van der Waals surface area contributed by atoms with Gasteiger partial charge in [0.05, 0.1) is 20.8 Å². The number of rotatable bonds is 2.